The van der Waals surface area contributed by atoms with Gasteiger partial charge in [-0.05, 0) is 19.8 Å². The summed E-state index contributed by atoms with van der Waals surface area (Å²) in [6, 6.07) is 0. The molecule has 1 aliphatic heterocycles. The molecule has 0 radical (unpaired) electrons. The summed E-state index contributed by atoms with van der Waals surface area (Å²) in [4.78, 5) is 10.8. The number of rotatable bonds is 1. The molecule has 1 rings (SSSR count). The van der Waals surface area contributed by atoms with Crippen molar-refractivity contribution in [2.45, 2.75) is 32.0 Å². The normalized spacial score (nSPS) is 32.2. The van der Waals surface area contributed by atoms with Gasteiger partial charge in [0.25, 0.3) is 5.91 Å². The molecule has 0 unspecified atom stereocenters. The zero-order valence-corrected chi connectivity index (χ0v) is 5.96. The van der Waals surface area contributed by atoms with E-state index in [-0.39, 0.29) is 18.1 Å². The Hall–Kier alpha value is -0.610. The molecule has 1 fully saturated rings. The molecule has 0 aliphatic carbocycles. The first-order valence-electron chi connectivity index (χ1n) is 3.40. The molecule has 0 saturated carbocycles. The van der Waals surface area contributed by atoms with Crippen molar-refractivity contribution in [1.29, 1.82) is 0 Å². The molecule has 1 amide bonds. The van der Waals surface area contributed by atoms with E-state index in [4.69, 9.17) is 10.6 Å². The molecule has 58 valence electrons. The fraction of sp³-hybridized carbons (Fsp3) is 0.833. The fourth-order valence-electron chi connectivity index (χ4n) is 1.09. The predicted molar refractivity (Wildman–Crippen MR) is 35.9 cm³/mol. The van der Waals surface area contributed by atoms with Crippen molar-refractivity contribution < 1.29 is 9.53 Å². The maximum absolute atomic E-state index is 10.8. The number of hydrogen-bond acceptors (Lipinski definition) is 3. The number of carbonyl (C=O) groups is 1. The second-order valence-corrected chi connectivity index (χ2v) is 2.52. The minimum absolute atomic E-state index is 0.197. The first kappa shape index (κ1) is 7.50. The average molecular weight is 144 g/mol. The number of hydrogen-bond donors (Lipinski definition) is 2. The third-order valence-electron chi connectivity index (χ3n) is 1.67. The summed E-state index contributed by atoms with van der Waals surface area (Å²) in [5.41, 5.74) is 2.06. The van der Waals surface area contributed by atoms with E-state index >= 15 is 0 Å². The van der Waals surface area contributed by atoms with Gasteiger partial charge in [0.1, 0.15) is 6.10 Å². The number of nitrogens with one attached hydrogen (secondary N) is 1. The Balaban J connectivity index is 2.37. The van der Waals surface area contributed by atoms with Gasteiger partial charge in [-0.25, -0.2) is 5.84 Å². The van der Waals surface area contributed by atoms with Gasteiger partial charge in [0.15, 0.2) is 0 Å². The van der Waals surface area contributed by atoms with E-state index in [2.05, 4.69) is 5.43 Å². The smallest absolute Gasteiger partial charge is 0.263 e. The minimum atomic E-state index is -0.319. The SMILES string of the molecule is C[C@H]1CC[C@H](C(=O)NN)O1. The Bertz CT molecular complexity index is 138. The van der Waals surface area contributed by atoms with Crippen molar-refractivity contribution >= 4 is 5.91 Å². The highest BCUT2D eigenvalue weighted by atomic mass is 16.5. The summed E-state index contributed by atoms with van der Waals surface area (Å²) < 4.78 is 5.22. The summed E-state index contributed by atoms with van der Waals surface area (Å²) in [6.07, 6.45) is 1.60. The first-order chi connectivity index (χ1) is 4.74. The fourth-order valence-corrected chi connectivity index (χ4v) is 1.09. The number of amides is 1. The molecule has 1 heterocycles. The zero-order chi connectivity index (χ0) is 7.56. The van der Waals surface area contributed by atoms with Gasteiger partial charge in [0.05, 0.1) is 6.10 Å². The lowest BCUT2D eigenvalue weighted by atomic mass is 10.2. The molecule has 4 nitrogen and oxygen atoms in total. The van der Waals surface area contributed by atoms with Crippen LogP contribution in [0.3, 0.4) is 0 Å². The van der Waals surface area contributed by atoms with Crippen LogP contribution >= 0.6 is 0 Å². The van der Waals surface area contributed by atoms with Gasteiger partial charge in [-0.1, -0.05) is 0 Å². The number of ether oxygens (including phenoxy) is 1. The first-order valence-corrected chi connectivity index (χ1v) is 3.40. The maximum Gasteiger partial charge on any atom is 0.263 e. The van der Waals surface area contributed by atoms with Gasteiger partial charge in [-0.15, -0.1) is 0 Å². The van der Waals surface area contributed by atoms with Crippen molar-refractivity contribution in [2.75, 3.05) is 0 Å². The number of nitrogens with two attached hydrogens (primary N) is 1. The summed E-state index contributed by atoms with van der Waals surface area (Å²) in [5, 5.41) is 0. The van der Waals surface area contributed by atoms with Gasteiger partial charge in [-0.2, -0.15) is 0 Å². The second-order valence-electron chi connectivity index (χ2n) is 2.52. The van der Waals surface area contributed by atoms with E-state index in [9.17, 15) is 4.79 Å². The third kappa shape index (κ3) is 1.46. The Morgan fingerprint density at radius 2 is 2.40 bits per heavy atom. The van der Waals surface area contributed by atoms with Gasteiger partial charge >= 0.3 is 0 Å². The highest BCUT2D eigenvalue weighted by Crippen LogP contribution is 2.18. The molecule has 0 bridgehead atoms. The van der Waals surface area contributed by atoms with E-state index in [1.807, 2.05) is 6.92 Å². The maximum atomic E-state index is 10.8. The monoisotopic (exact) mass is 144 g/mol. The van der Waals surface area contributed by atoms with Gasteiger partial charge < -0.3 is 4.74 Å². The van der Waals surface area contributed by atoms with Crippen LogP contribution in [0, 0.1) is 0 Å². The molecular weight excluding hydrogens is 132 g/mol. The van der Waals surface area contributed by atoms with Crippen molar-refractivity contribution in [3.05, 3.63) is 0 Å². The van der Waals surface area contributed by atoms with Crippen LogP contribution in [0.2, 0.25) is 0 Å². The van der Waals surface area contributed by atoms with Crippen molar-refractivity contribution in [3.8, 4) is 0 Å². The van der Waals surface area contributed by atoms with Crippen LogP contribution in [-0.4, -0.2) is 18.1 Å². The van der Waals surface area contributed by atoms with Gasteiger partial charge in [0, 0.05) is 0 Å². The summed E-state index contributed by atoms with van der Waals surface area (Å²) in [6.45, 7) is 1.95. The van der Waals surface area contributed by atoms with E-state index in [1.165, 1.54) is 0 Å². The largest absolute Gasteiger partial charge is 0.365 e. The van der Waals surface area contributed by atoms with Crippen molar-refractivity contribution in [1.82, 2.24) is 5.43 Å². The third-order valence-corrected chi connectivity index (χ3v) is 1.67. The molecule has 1 aliphatic rings. The lowest BCUT2D eigenvalue weighted by molar-refractivity contribution is -0.131. The molecule has 0 spiro atoms. The lowest BCUT2D eigenvalue weighted by Crippen LogP contribution is -2.38. The molecule has 0 aromatic carbocycles. The predicted octanol–water partition coefficient (Wildman–Crippen LogP) is -0.456. The topological polar surface area (TPSA) is 64.4 Å². The molecule has 0 aromatic heterocycles. The summed E-state index contributed by atoms with van der Waals surface area (Å²) >= 11 is 0. The molecule has 0 aromatic rings. The molecule has 4 heteroatoms. The molecule has 1 saturated heterocycles. The van der Waals surface area contributed by atoms with Crippen molar-refractivity contribution in [3.63, 3.8) is 0 Å². The molecule has 2 atom stereocenters. The average Bonchev–Trinajstić information content (AvgIpc) is 2.34. The van der Waals surface area contributed by atoms with Gasteiger partial charge in [-0.3, -0.25) is 10.2 Å². The Labute approximate surface area is 59.7 Å². The minimum Gasteiger partial charge on any atom is -0.365 e. The summed E-state index contributed by atoms with van der Waals surface area (Å²) in [5.74, 6) is 4.70. The molecule has 3 N–H and O–H groups in total. The Morgan fingerprint density at radius 3 is 2.80 bits per heavy atom. The van der Waals surface area contributed by atoms with Crippen LogP contribution < -0.4 is 11.3 Å². The van der Waals surface area contributed by atoms with E-state index in [0.717, 1.165) is 12.8 Å². The van der Waals surface area contributed by atoms with Crippen LogP contribution in [0.1, 0.15) is 19.8 Å². The van der Waals surface area contributed by atoms with Crippen LogP contribution in [0.15, 0.2) is 0 Å². The quantitative estimate of drug-likeness (QED) is 0.297. The standard InChI is InChI=1S/C6H12N2O2/c1-4-2-3-5(10-4)6(9)8-7/h4-5H,2-3,7H2,1H3,(H,8,9)/t4-,5+/m0/s1. The number of carbonyl (C=O) groups excluding carboxylic acids is 1. The Kier molecular flexibility index (Phi) is 2.24. The summed E-state index contributed by atoms with van der Waals surface area (Å²) in [7, 11) is 0. The van der Waals surface area contributed by atoms with E-state index in [1.54, 1.807) is 0 Å². The van der Waals surface area contributed by atoms with Crippen LogP contribution in [0.25, 0.3) is 0 Å². The number of hydrazine groups is 1. The van der Waals surface area contributed by atoms with E-state index in [0.29, 0.717) is 0 Å². The lowest BCUT2D eigenvalue weighted by Gasteiger charge is -2.07. The van der Waals surface area contributed by atoms with Crippen LogP contribution in [-0.2, 0) is 9.53 Å². The zero-order valence-electron chi connectivity index (χ0n) is 5.96. The van der Waals surface area contributed by atoms with Crippen molar-refractivity contribution in [2.24, 2.45) is 5.84 Å². The van der Waals surface area contributed by atoms with Gasteiger partial charge in [0.2, 0.25) is 0 Å². The van der Waals surface area contributed by atoms with E-state index < -0.39 is 0 Å². The highest BCUT2D eigenvalue weighted by Gasteiger charge is 2.27. The highest BCUT2D eigenvalue weighted by molar-refractivity contribution is 5.80. The second kappa shape index (κ2) is 2.98. The Morgan fingerprint density at radius 1 is 1.70 bits per heavy atom. The molecule has 10 heavy (non-hydrogen) atoms. The van der Waals surface area contributed by atoms with Crippen LogP contribution in [0.4, 0.5) is 0 Å². The molecular formula is C6H12N2O2. The van der Waals surface area contributed by atoms with Crippen LogP contribution in [0.5, 0.6) is 0 Å².